The van der Waals surface area contributed by atoms with E-state index in [1.54, 1.807) is 7.11 Å². The Kier molecular flexibility index (Phi) is 2.54. The number of ether oxygens (including phenoxy) is 1. The molecule has 2 heterocycles. The van der Waals surface area contributed by atoms with Crippen LogP contribution in [0.1, 0.15) is 0 Å². The van der Waals surface area contributed by atoms with Crippen molar-refractivity contribution in [3.8, 4) is 0 Å². The van der Waals surface area contributed by atoms with Gasteiger partial charge in [-0.1, -0.05) is 0 Å². The highest BCUT2D eigenvalue weighted by Gasteiger charge is 2.23. The number of methoxy groups -OCH3 is 1. The van der Waals surface area contributed by atoms with Gasteiger partial charge in [0.2, 0.25) is 0 Å². The maximum atomic E-state index is 5.07. The first-order valence-electron chi connectivity index (χ1n) is 4.73. The van der Waals surface area contributed by atoms with Crippen LogP contribution in [-0.4, -0.2) is 39.0 Å². The second kappa shape index (κ2) is 3.84. The number of aromatic nitrogens is 1. The molecule has 76 valence electrons. The molecule has 0 spiro atoms. The van der Waals surface area contributed by atoms with E-state index in [-0.39, 0.29) is 0 Å². The Morgan fingerprint density at radius 3 is 3.21 bits per heavy atom. The molecule has 1 aromatic heterocycles. The minimum atomic E-state index is 0.752. The summed E-state index contributed by atoms with van der Waals surface area (Å²) < 4.78 is 5.07. The SMILES string of the molecule is COCCN1CN(C)c2ncccc21. The van der Waals surface area contributed by atoms with Crippen molar-refractivity contribution < 1.29 is 4.74 Å². The number of hydrogen-bond acceptors (Lipinski definition) is 4. The number of fused-ring (bicyclic) bond motifs is 1. The Hall–Kier alpha value is -1.29. The van der Waals surface area contributed by atoms with Gasteiger partial charge in [0.15, 0.2) is 5.82 Å². The number of anilines is 2. The number of pyridine rings is 1. The molecule has 1 aromatic rings. The van der Waals surface area contributed by atoms with Gasteiger partial charge in [-0.2, -0.15) is 0 Å². The van der Waals surface area contributed by atoms with Gasteiger partial charge in [-0.05, 0) is 12.1 Å². The van der Waals surface area contributed by atoms with E-state index in [0.29, 0.717) is 0 Å². The maximum Gasteiger partial charge on any atom is 0.153 e. The summed E-state index contributed by atoms with van der Waals surface area (Å²) in [6, 6.07) is 4.07. The van der Waals surface area contributed by atoms with Gasteiger partial charge in [-0.3, -0.25) is 0 Å². The molecule has 2 rings (SSSR count). The van der Waals surface area contributed by atoms with Gasteiger partial charge >= 0.3 is 0 Å². The summed E-state index contributed by atoms with van der Waals surface area (Å²) in [7, 11) is 3.78. The van der Waals surface area contributed by atoms with Crippen molar-refractivity contribution in [2.75, 3.05) is 43.8 Å². The van der Waals surface area contributed by atoms with Gasteiger partial charge < -0.3 is 14.5 Å². The van der Waals surface area contributed by atoms with Crippen molar-refractivity contribution in [3.05, 3.63) is 18.3 Å². The summed E-state index contributed by atoms with van der Waals surface area (Å²) in [5, 5.41) is 0. The molecular formula is C10H15N3O. The van der Waals surface area contributed by atoms with E-state index < -0.39 is 0 Å². The van der Waals surface area contributed by atoms with Crippen molar-refractivity contribution >= 4 is 11.5 Å². The molecule has 0 saturated heterocycles. The van der Waals surface area contributed by atoms with Crippen molar-refractivity contribution in [3.63, 3.8) is 0 Å². The normalized spacial score (nSPS) is 14.7. The molecule has 0 saturated carbocycles. The van der Waals surface area contributed by atoms with E-state index >= 15 is 0 Å². The Morgan fingerprint density at radius 1 is 1.57 bits per heavy atom. The van der Waals surface area contributed by atoms with E-state index in [9.17, 15) is 0 Å². The lowest BCUT2D eigenvalue weighted by Crippen LogP contribution is -2.30. The highest BCUT2D eigenvalue weighted by atomic mass is 16.5. The van der Waals surface area contributed by atoms with Crippen LogP contribution in [0, 0.1) is 0 Å². The average molecular weight is 193 g/mol. The van der Waals surface area contributed by atoms with Crippen molar-refractivity contribution in [1.29, 1.82) is 0 Å². The van der Waals surface area contributed by atoms with Crippen LogP contribution in [0.25, 0.3) is 0 Å². The molecule has 0 aliphatic carbocycles. The standard InChI is InChI=1S/C10H15N3O/c1-12-8-13(6-7-14-2)9-4-3-5-11-10(9)12/h3-5H,6-8H2,1-2H3. The summed E-state index contributed by atoms with van der Waals surface area (Å²) in [5.41, 5.74) is 1.20. The molecule has 0 amide bonds. The summed E-state index contributed by atoms with van der Waals surface area (Å²) in [6.45, 7) is 2.57. The third-order valence-electron chi connectivity index (χ3n) is 2.42. The molecule has 0 bridgehead atoms. The van der Waals surface area contributed by atoms with Crippen LogP contribution in [0.2, 0.25) is 0 Å². The topological polar surface area (TPSA) is 28.6 Å². The highest BCUT2D eigenvalue weighted by Crippen LogP contribution is 2.31. The molecule has 4 nitrogen and oxygen atoms in total. The fourth-order valence-corrected chi connectivity index (χ4v) is 1.72. The molecule has 0 unspecified atom stereocenters. The Balaban J connectivity index is 2.17. The molecule has 0 fully saturated rings. The summed E-state index contributed by atoms with van der Waals surface area (Å²) >= 11 is 0. The largest absolute Gasteiger partial charge is 0.383 e. The fraction of sp³-hybridized carbons (Fsp3) is 0.500. The molecule has 14 heavy (non-hydrogen) atoms. The van der Waals surface area contributed by atoms with Gasteiger partial charge in [0.05, 0.1) is 19.0 Å². The maximum absolute atomic E-state index is 5.07. The Bertz CT molecular complexity index is 316. The third kappa shape index (κ3) is 1.53. The van der Waals surface area contributed by atoms with E-state index in [1.165, 1.54) is 5.69 Å². The minimum absolute atomic E-state index is 0.752. The van der Waals surface area contributed by atoms with Crippen LogP contribution < -0.4 is 9.80 Å². The van der Waals surface area contributed by atoms with Crippen molar-refractivity contribution in [2.24, 2.45) is 0 Å². The van der Waals surface area contributed by atoms with Gasteiger partial charge in [-0.15, -0.1) is 0 Å². The second-order valence-electron chi connectivity index (χ2n) is 3.44. The quantitative estimate of drug-likeness (QED) is 0.714. The van der Waals surface area contributed by atoms with Crippen LogP contribution in [0.5, 0.6) is 0 Å². The Morgan fingerprint density at radius 2 is 2.43 bits per heavy atom. The first-order valence-corrected chi connectivity index (χ1v) is 4.73. The summed E-state index contributed by atoms with van der Waals surface area (Å²) in [4.78, 5) is 8.76. The predicted molar refractivity (Wildman–Crippen MR) is 56.7 cm³/mol. The molecule has 0 atom stereocenters. The fourth-order valence-electron chi connectivity index (χ4n) is 1.72. The van der Waals surface area contributed by atoms with Gasteiger partial charge in [0, 0.05) is 26.9 Å². The zero-order valence-corrected chi connectivity index (χ0v) is 8.60. The first kappa shape index (κ1) is 9.27. The second-order valence-corrected chi connectivity index (χ2v) is 3.44. The van der Waals surface area contributed by atoms with Crippen LogP contribution in [-0.2, 0) is 4.74 Å². The number of hydrogen-bond donors (Lipinski definition) is 0. The summed E-state index contributed by atoms with van der Waals surface area (Å²) in [5.74, 6) is 1.06. The van der Waals surface area contributed by atoms with E-state index in [4.69, 9.17) is 4.74 Å². The number of rotatable bonds is 3. The zero-order valence-electron chi connectivity index (χ0n) is 8.60. The first-order chi connectivity index (χ1) is 6.83. The van der Waals surface area contributed by atoms with Crippen molar-refractivity contribution in [1.82, 2.24) is 4.98 Å². The Labute approximate surface area is 84.1 Å². The van der Waals surface area contributed by atoms with Crippen LogP contribution >= 0.6 is 0 Å². The smallest absolute Gasteiger partial charge is 0.153 e. The molecular weight excluding hydrogens is 178 g/mol. The monoisotopic (exact) mass is 193 g/mol. The molecule has 4 heteroatoms. The van der Waals surface area contributed by atoms with Crippen molar-refractivity contribution in [2.45, 2.75) is 0 Å². The van der Waals surface area contributed by atoms with E-state index in [0.717, 1.165) is 25.6 Å². The van der Waals surface area contributed by atoms with Crippen LogP contribution in [0.3, 0.4) is 0 Å². The van der Waals surface area contributed by atoms with Crippen LogP contribution in [0.15, 0.2) is 18.3 Å². The minimum Gasteiger partial charge on any atom is -0.383 e. The molecule has 0 N–H and O–H groups in total. The highest BCUT2D eigenvalue weighted by molar-refractivity contribution is 5.71. The van der Waals surface area contributed by atoms with E-state index in [1.807, 2.05) is 12.3 Å². The zero-order chi connectivity index (χ0) is 9.97. The average Bonchev–Trinajstić information content (AvgIpc) is 2.54. The van der Waals surface area contributed by atoms with Crippen LogP contribution in [0.4, 0.5) is 11.5 Å². The predicted octanol–water partition coefficient (Wildman–Crippen LogP) is 0.942. The lowest BCUT2D eigenvalue weighted by molar-refractivity contribution is 0.205. The lowest BCUT2D eigenvalue weighted by atomic mass is 10.3. The summed E-state index contributed by atoms with van der Waals surface area (Å²) in [6.07, 6.45) is 1.83. The van der Waals surface area contributed by atoms with E-state index in [2.05, 4.69) is 27.9 Å². The molecule has 0 aromatic carbocycles. The third-order valence-corrected chi connectivity index (χ3v) is 2.42. The molecule has 1 aliphatic heterocycles. The molecule has 1 aliphatic rings. The van der Waals surface area contributed by atoms with Gasteiger partial charge in [0.1, 0.15) is 0 Å². The number of nitrogens with zero attached hydrogens (tertiary/aromatic N) is 3. The lowest BCUT2D eigenvalue weighted by Gasteiger charge is -2.17. The van der Waals surface area contributed by atoms with Gasteiger partial charge in [0.25, 0.3) is 0 Å². The van der Waals surface area contributed by atoms with Gasteiger partial charge in [-0.25, -0.2) is 4.98 Å². The molecule has 0 radical (unpaired) electrons.